The molecular formula is C26H35N5OS. The quantitative estimate of drug-likeness (QED) is 0.553. The molecule has 1 amide bonds. The maximum Gasteiger partial charge on any atom is 0.230 e. The van der Waals surface area contributed by atoms with Crippen LogP contribution in [0.25, 0.3) is 0 Å². The summed E-state index contributed by atoms with van der Waals surface area (Å²) in [5.74, 6) is 3.17. The highest BCUT2D eigenvalue weighted by molar-refractivity contribution is 8.03. The third kappa shape index (κ3) is 3.83. The van der Waals surface area contributed by atoms with Gasteiger partial charge < -0.3 is 16.4 Å². The van der Waals surface area contributed by atoms with E-state index in [0.29, 0.717) is 22.0 Å². The van der Waals surface area contributed by atoms with E-state index in [1.54, 1.807) is 0 Å². The molecule has 5 saturated carbocycles. The number of hydrogen-bond acceptors (Lipinski definition) is 6. The van der Waals surface area contributed by atoms with Crippen LogP contribution in [0.5, 0.6) is 0 Å². The molecule has 1 spiro atoms. The molecule has 4 bridgehead atoms. The number of nitrogens with one attached hydrogen (secondary N) is 2. The van der Waals surface area contributed by atoms with Crippen LogP contribution in [0.3, 0.4) is 0 Å². The third-order valence-electron chi connectivity index (χ3n) is 9.36. The van der Waals surface area contributed by atoms with Crippen molar-refractivity contribution in [2.45, 2.75) is 83.6 Å². The van der Waals surface area contributed by atoms with Crippen molar-refractivity contribution in [1.29, 1.82) is 10.5 Å². The summed E-state index contributed by atoms with van der Waals surface area (Å²) in [5.41, 5.74) is 7.00. The van der Waals surface area contributed by atoms with Crippen molar-refractivity contribution in [3.8, 4) is 12.1 Å². The van der Waals surface area contributed by atoms with E-state index in [0.717, 1.165) is 49.9 Å². The first-order chi connectivity index (χ1) is 15.9. The predicted molar refractivity (Wildman–Crippen MR) is 129 cm³/mol. The van der Waals surface area contributed by atoms with Crippen molar-refractivity contribution >= 4 is 17.7 Å². The Bertz CT molecular complexity index is 942. The Morgan fingerprint density at radius 3 is 2.21 bits per heavy atom. The molecule has 0 aromatic carbocycles. The van der Waals surface area contributed by atoms with Gasteiger partial charge in [0.25, 0.3) is 0 Å². The number of hydrogen-bond donors (Lipinski definition) is 3. The minimum absolute atomic E-state index is 0.0150. The normalized spacial score (nSPS) is 35.1. The molecule has 0 radical (unpaired) electrons. The highest BCUT2D eigenvalue weighted by Gasteiger charge is 2.53. The molecule has 4 N–H and O–H groups in total. The van der Waals surface area contributed by atoms with Gasteiger partial charge in [-0.1, -0.05) is 31.0 Å². The average molecular weight is 466 g/mol. The summed E-state index contributed by atoms with van der Waals surface area (Å²) >= 11 is 1.35. The van der Waals surface area contributed by atoms with Crippen molar-refractivity contribution in [2.24, 2.45) is 34.3 Å². The zero-order valence-corrected chi connectivity index (χ0v) is 20.4. The van der Waals surface area contributed by atoms with Gasteiger partial charge in [0.05, 0.1) is 34.1 Å². The lowest BCUT2D eigenvalue weighted by molar-refractivity contribution is -0.123. The molecule has 1 aliphatic heterocycles. The van der Waals surface area contributed by atoms with Crippen LogP contribution in [0.15, 0.2) is 22.0 Å². The van der Waals surface area contributed by atoms with Crippen molar-refractivity contribution in [3.63, 3.8) is 0 Å². The van der Waals surface area contributed by atoms with Gasteiger partial charge in [-0.2, -0.15) is 10.5 Å². The van der Waals surface area contributed by atoms with E-state index in [1.165, 1.54) is 50.3 Å². The van der Waals surface area contributed by atoms with Gasteiger partial charge in [-0.25, -0.2) is 0 Å². The number of amides is 1. The SMILES string of the molecule is CC(NC(=O)CSC1=C(C#N)C2(CCCCC2)C(C#N)=C(N)N1)C12CC3CC(CC(C3)C1)C2. The number of nitrogens with zero attached hydrogens (tertiary/aromatic N) is 2. The first kappa shape index (κ1) is 22.7. The monoisotopic (exact) mass is 465 g/mol. The first-order valence-corrected chi connectivity index (χ1v) is 13.6. The molecule has 6 aliphatic rings. The molecule has 5 fully saturated rings. The van der Waals surface area contributed by atoms with Crippen LogP contribution < -0.4 is 16.4 Å². The maximum atomic E-state index is 13.0. The summed E-state index contributed by atoms with van der Waals surface area (Å²) in [6, 6.07) is 4.83. The second-order valence-corrected chi connectivity index (χ2v) is 12.3. The van der Waals surface area contributed by atoms with Crippen LogP contribution in [0, 0.1) is 51.2 Å². The molecule has 176 valence electrons. The predicted octanol–water partition coefficient (Wildman–Crippen LogP) is 4.42. The Labute approximate surface area is 201 Å². The molecule has 0 aromatic heterocycles. The van der Waals surface area contributed by atoms with Crippen molar-refractivity contribution in [2.75, 3.05) is 5.75 Å². The molecule has 5 aliphatic carbocycles. The Morgan fingerprint density at radius 2 is 1.67 bits per heavy atom. The second kappa shape index (κ2) is 8.58. The highest BCUT2D eigenvalue weighted by Crippen LogP contribution is 2.61. The highest BCUT2D eigenvalue weighted by atomic mass is 32.2. The standard InChI is InChI=1S/C26H35N5OS/c1-16(25-10-17-7-18(11-25)9-19(8-17)12-25)30-22(32)15-33-24-21(14-28)26(5-3-2-4-6-26)20(13-27)23(29)31-24/h16-19,31H,2-12,15,29H2,1H3,(H,30,32). The van der Waals surface area contributed by atoms with Crippen LogP contribution in [-0.4, -0.2) is 17.7 Å². The zero-order chi connectivity index (χ0) is 23.2. The van der Waals surface area contributed by atoms with E-state index >= 15 is 0 Å². The summed E-state index contributed by atoms with van der Waals surface area (Å²) in [5, 5.41) is 26.9. The van der Waals surface area contributed by atoms with Crippen LogP contribution in [0.1, 0.15) is 77.6 Å². The summed E-state index contributed by atoms with van der Waals surface area (Å²) in [6.07, 6.45) is 12.6. The Morgan fingerprint density at radius 1 is 1.09 bits per heavy atom. The fraction of sp³-hybridized carbons (Fsp3) is 0.731. The van der Waals surface area contributed by atoms with Gasteiger partial charge in [0, 0.05) is 11.5 Å². The molecule has 6 rings (SSSR count). The Kier molecular flexibility index (Phi) is 5.90. The number of nitrogens with two attached hydrogens (primary N) is 1. The molecule has 1 heterocycles. The largest absolute Gasteiger partial charge is 0.384 e. The van der Waals surface area contributed by atoms with Gasteiger partial charge in [-0.15, -0.1) is 0 Å². The number of carbonyl (C=O) groups excluding carboxylic acids is 1. The molecule has 0 aromatic rings. The molecule has 33 heavy (non-hydrogen) atoms. The first-order valence-electron chi connectivity index (χ1n) is 12.6. The van der Waals surface area contributed by atoms with E-state index in [-0.39, 0.29) is 23.1 Å². The van der Waals surface area contributed by atoms with Crippen LogP contribution in [0.4, 0.5) is 0 Å². The fourth-order valence-corrected chi connectivity index (χ4v) is 9.14. The topological polar surface area (TPSA) is 115 Å². The fourth-order valence-electron chi connectivity index (χ4n) is 8.22. The molecule has 7 heteroatoms. The van der Waals surface area contributed by atoms with Gasteiger partial charge in [0.15, 0.2) is 0 Å². The molecule has 6 nitrogen and oxygen atoms in total. The lowest BCUT2D eigenvalue weighted by Crippen LogP contribution is -2.56. The lowest BCUT2D eigenvalue weighted by atomic mass is 9.48. The van der Waals surface area contributed by atoms with E-state index in [2.05, 4.69) is 29.7 Å². The summed E-state index contributed by atoms with van der Waals surface area (Å²) in [7, 11) is 0. The smallest absolute Gasteiger partial charge is 0.230 e. The second-order valence-electron chi connectivity index (χ2n) is 11.3. The molecular weight excluding hydrogens is 430 g/mol. The number of dihydropyridines is 1. The summed E-state index contributed by atoms with van der Waals surface area (Å²) < 4.78 is 0. The van der Waals surface area contributed by atoms with E-state index in [4.69, 9.17) is 5.73 Å². The minimum atomic E-state index is -0.595. The van der Waals surface area contributed by atoms with Crippen molar-refractivity contribution in [1.82, 2.24) is 10.6 Å². The number of nitriles is 2. The molecule has 0 saturated heterocycles. The van der Waals surface area contributed by atoms with Gasteiger partial charge in [0.2, 0.25) is 5.91 Å². The Balaban J connectivity index is 1.27. The Hall–Kier alpha value is -2.12. The van der Waals surface area contributed by atoms with Crippen molar-refractivity contribution < 1.29 is 4.79 Å². The third-order valence-corrected chi connectivity index (χ3v) is 10.4. The number of thioether (sulfide) groups is 1. The van der Waals surface area contributed by atoms with Gasteiger partial charge in [0.1, 0.15) is 5.82 Å². The lowest BCUT2D eigenvalue weighted by Gasteiger charge is -2.59. The van der Waals surface area contributed by atoms with Gasteiger partial charge in [-0.05, 0) is 81.5 Å². The van der Waals surface area contributed by atoms with Gasteiger partial charge in [-0.3, -0.25) is 4.79 Å². The van der Waals surface area contributed by atoms with Gasteiger partial charge >= 0.3 is 0 Å². The summed E-state index contributed by atoms with van der Waals surface area (Å²) in [4.78, 5) is 13.0. The molecule has 1 unspecified atom stereocenters. The van der Waals surface area contributed by atoms with Crippen LogP contribution >= 0.6 is 11.8 Å². The maximum absolute atomic E-state index is 13.0. The zero-order valence-electron chi connectivity index (χ0n) is 19.6. The average Bonchev–Trinajstić information content (AvgIpc) is 2.77. The van der Waals surface area contributed by atoms with E-state index in [1.807, 2.05) is 0 Å². The van der Waals surface area contributed by atoms with Crippen LogP contribution in [-0.2, 0) is 4.79 Å². The minimum Gasteiger partial charge on any atom is -0.384 e. The van der Waals surface area contributed by atoms with Crippen LogP contribution in [0.2, 0.25) is 0 Å². The number of allylic oxidation sites excluding steroid dienone is 2. The van der Waals surface area contributed by atoms with E-state index < -0.39 is 5.41 Å². The summed E-state index contributed by atoms with van der Waals surface area (Å²) in [6.45, 7) is 2.20. The van der Waals surface area contributed by atoms with E-state index in [9.17, 15) is 15.3 Å². The van der Waals surface area contributed by atoms with Crippen molar-refractivity contribution in [3.05, 3.63) is 22.0 Å². The number of rotatable bonds is 5. The molecule has 1 atom stereocenters. The number of carbonyl (C=O) groups is 1.